The van der Waals surface area contributed by atoms with Crippen LogP contribution >= 0.6 is 0 Å². The van der Waals surface area contributed by atoms with Crippen molar-refractivity contribution < 1.29 is 13.2 Å². The lowest BCUT2D eigenvalue weighted by Crippen LogP contribution is -2.13. The highest BCUT2D eigenvalue weighted by molar-refractivity contribution is 7.89. The van der Waals surface area contributed by atoms with E-state index in [9.17, 15) is 13.2 Å². The van der Waals surface area contributed by atoms with E-state index >= 15 is 0 Å². The van der Waals surface area contributed by atoms with E-state index in [4.69, 9.17) is 5.14 Å². The zero-order valence-corrected chi connectivity index (χ0v) is 14.0. The van der Waals surface area contributed by atoms with E-state index in [0.717, 1.165) is 5.56 Å². The third-order valence-corrected chi connectivity index (χ3v) is 4.45. The number of nitrogens with two attached hydrogens (primary N) is 1. The Labute approximate surface area is 145 Å². The minimum atomic E-state index is -3.75. The number of benzene rings is 2. The molecular weight excluding hydrogens is 340 g/mol. The van der Waals surface area contributed by atoms with Crippen LogP contribution in [0.1, 0.15) is 15.9 Å². The van der Waals surface area contributed by atoms with Gasteiger partial charge in [0, 0.05) is 11.9 Å². The summed E-state index contributed by atoms with van der Waals surface area (Å²) < 4.78 is 24.1. The highest BCUT2D eigenvalue weighted by Crippen LogP contribution is 2.14. The van der Waals surface area contributed by atoms with Crippen LogP contribution in [0.5, 0.6) is 0 Å². The number of carbonyl (C=O) groups excluding carboxylic acids is 1. The predicted octanol–water partition coefficient (Wildman–Crippen LogP) is 1.83. The van der Waals surface area contributed by atoms with Crippen LogP contribution in [0.2, 0.25) is 0 Å². The Morgan fingerprint density at radius 3 is 2.40 bits per heavy atom. The molecule has 1 heterocycles. The van der Waals surface area contributed by atoms with E-state index < -0.39 is 10.0 Å². The van der Waals surface area contributed by atoms with Gasteiger partial charge in [-0.3, -0.25) is 9.48 Å². The van der Waals surface area contributed by atoms with Gasteiger partial charge >= 0.3 is 0 Å². The fraction of sp³-hybridized carbons (Fsp3) is 0.0588. The van der Waals surface area contributed by atoms with E-state index in [1.54, 1.807) is 10.9 Å². The third kappa shape index (κ3) is 4.31. The van der Waals surface area contributed by atoms with Crippen molar-refractivity contribution in [2.75, 3.05) is 5.32 Å². The number of rotatable bonds is 5. The number of anilines is 1. The van der Waals surface area contributed by atoms with Gasteiger partial charge in [0.15, 0.2) is 0 Å². The maximum absolute atomic E-state index is 12.3. The molecule has 0 atom stereocenters. The van der Waals surface area contributed by atoms with Crippen molar-refractivity contribution in [2.45, 2.75) is 11.4 Å². The molecule has 3 N–H and O–H groups in total. The summed E-state index contributed by atoms with van der Waals surface area (Å²) in [6.07, 6.45) is 3.14. The second-order valence-corrected chi connectivity index (χ2v) is 7.00. The number of hydrogen-bond acceptors (Lipinski definition) is 4. The van der Waals surface area contributed by atoms with Gasteiger partial charge in [-0.15, -0.1) is 0 Å². The molecule has 2 aromatic carbocycles. The average Bonchev–Trinajstić information content (AvgIpc) is 3.04. The van der Waals surface area contributed by atoms with Crippen LogP contribution in [0, 0.1) is 0 Å². The summed E-state index contributed by atoms with van der Waals surface area (Å²) in [6, 6.07) is 15.4. The first-order chi connectivity index (χ1) is 11.9. The summed E-state index contributed by atoms with van der Waals surface area (Å²) in [7, 11) is -3.75. The number of nitrogens with zero attached hydrogens (tertiary/aromatic N) is 2. The van der Waals surface area contributed by atoms with Crippen molar-refractivity contribution in [2.24, 2.45) is 5.14 Å². The molecule has 0 unspecified atom stereocenters. The van der Waals surface area contributed by atoms with Crippen molar-refractivity contribution in [3.8, 4) is 0 Å². The van der Waals surface area contributed by atoms with E-state index in [1.165, 1.54) is 30.5 Å². The van der Waals surface area contributed by atoms with Crippen molar-refractivity contribution in [3.63, 3.8) is 0 Å². The molecule has 25 heavy (non-hydrogen) atoms. The molecule has 3 rings (SSSR count). The molecule has 0 aliphatic heterocycles. The Balaban J connectivity index is 1.67. The molecule has 7 nitrogen and oxygen atoms in total. The van der Waals surface area contributed by atoms with E-state index in [1.807, 2.05) is 30.3 Å². The normalized spacial score (nSPS) is 11.2. The Bertz CT molecular complexity index is 980. The lowest BCUT2D eigenvalue weighted by atomic mass is 10.2. The van der Waals surface area contributed by atoms with Crippen LogP contribution in [-0.2, 0) is 16.6 Å². The molecule has 8 heteroatoms. The van der Waals surface area contributed by atoms with Gasteiger partial charge in [-0.25, -0.2) is 13.6 Å². The van der Waals surface area contributed by atoms with Crippen LogP contribution < -0.4 is 10.5 Å². The SMILES string of the molecule is NS(=O)(=O)c1ccc(NC(=O)c2cnn(Cc3ccccc3)c2)cc1. The largest absolute Gasteiger partial charge is 0.322 e. The van der Waals surface area contributed by atoms with Gasteiger partial charge in [0.1, 0.15) is 0 Å². The third-order valence-electron chi connectivity index (χ3n) is 3.52. The predicted molar refractivity (Wildman–Crippen MR) is 93.5 cm³/mol. The molecule has 0 saturated carbocycles. The monoisotopic (exact) mass is 356 g/mol. The molecule has 0 aliphatic rings. The quantitative estimate of drug-likeness (QED) is 0.727. The van der Waals surface area contributed by atoms with Crippen molar-refractivity contribution in [3.05, 3.63) is 78.1 Å². The first kappa shape index (κ1) is 16.9. The van der Waals surface area contributed by atoms with Gasteiger partial charge in [-0.2, -0.15) is 5.10 Å². The summed E-state index contributed by atoms with van der Waals surface area (Å²) in [5.41, 5.74) is 1.95. The summed E-state index contributed by atoms with van der Waals surface area (Å²) in [4.78, 5) is 12.2. The van der Waals surface area contributed by atoms with Gasteiger partial charge < -0.3 is 5.32 Å². The average molecular weight is 356 g/mol. The van der Waals surface area contributed by atoms with Gasteiger partial charge in [0.05, 0.1) is 23.2 Å². The Hall–Kier alpha value is -2.97. The molecule has 0 radical (unpaired) electrons. The Kier molecular flexibility index (Phi) is 4.64. The van der Waals surface area contributed by atoms with Crippen LogP contribution in [0.4, 0.5) is 5.69 Å². The molecule has 0 spiro atoms. The van der Waals surface area contributed by atoms with Crippen LogP contribution in [0.3, 0.4) is 0 Å². The number of amides is 1. The maximum atomic E-state index is 12.3. The van der Waals surface area contributed by atoms with Crippen molar-refractivity contribution >= 4 is 21.6 Å². The number of carbonyl (C=O) groups is 1. The smallest absolute Gasteiger partial charge is 0.258 e. The van der Waals surface area contributed by atoms with Gasteiger partial charge in [0.2, 0.25) is 10.0 Å². The molecule has 0 saturated heterocycles. The molecule has 0 aliphatic carbocycles. The second kappa shape index (κ2) is 6.88. The summed E-state index contributed by atoms with van der Waals surface area (Å²) in [5.74, 6) is -0.331. The zero-order chi connectivity index (χ0) is 17.9. The number of aromatic nitrogens is 2. The Morgan fingerprint density at radius 1 is 1.08 bits per heavy atom. The van der Waals surface area contributed by atoms with Gasteiger partial charge in [0.25, 0.3) is 5.91 Å². The lowest BCUT2D eigenvalue weighted by Gasteiger charge is -2.04. The number of nitrogens with one attached hydrogen (secondary N) is 1. The molecule has 128 valence electrons. The van der Waals surface area contributed by atoms with Crippen LogP contribution in [0.25, 0.3) is 0 Å². The maximum Gasteiger partial charge on any atom is 0.258 e. The second-order valence-electron chi connectivity index (χ2n) is 5.44. The number of sulfonamides is 1. The summed E-state index contributed by atoms with van der Waals surface area (Å²) in [5, 5.41) is 11.9. The number of hydrogen-bond donors (Lipinski definition) is 2. The Morgan fingerprint density at radius 2 is 1.76 bits per heavy atom. The van der Waals surface area contributed by atoms with Crippen molar-refractivity contribution in [1.29, 1.82) is 0 Å². The summed E-state index contributed by atoms with van der Waals surface area (Å²) in [6.45, 7) is 0.567. The number of primary sulfonamides is 1. The molecule has 1 amide bonds. The molecule has 0 bridgehead atoms. The minimum absolute atomic E-state index is 0.0128. The van der Waals surface area contributed by atoms with E-state index in [0.29, 0.717) is 17.8 Å². The topological polar surface area (TPSA) is 107 Å². The fourth-order valence-corrected chi connectivity index (χ4v) is 2.78. The molecule has 3 aromatic rings. The van der Waals surface area contributed by atoms with Gasteiger partial charge in [-0.05, 0) is 29.8 Å². The summed E-state index contributed by atoms with van der Waals surface area (Å²) >= 11 is 0. The standard InChI is InChI=1S/C17H16N4O3S/c18-25(23,24)16-8-6-15(7-9-16)20-17(22)14-10-19-21(12-14)11-13-4-2-1-3-5-13/h1-10,12H,11H2,(H,20,22)(H2,18,23,24). The first-order valence-electron chi connectivity index (χ1n) is 7.42. The molecular formula is C17H16N4O3S. The first-order valence-corrected chi connectivity index (χ1v) is 8.97. The fourth-order valence-electron chi connectivity index (χ4n) is 2.27. The van der Waals surface area contributed by atoms with Crippen LogP contribution in [-0.4, -0.2) is 24.1 Å². The van der Waals surface area contributed by atoms with Crippen LogP contribution in [0.15, 0.2) is 71.9 Å². The highest BCUT2D eigenvalue weighted by Gasteiger charge is 2.11. The molecule has 0 fully saturated rings. The minimum Gasteiger partial charge on any atom is -0.322 e. The van der Waals surface area contributed by atoms with Crippen molar-refractivity contribution in [1.82, 2.24) is 9.78 Å². The lowest BCUT2D eigenvalue weighted by molar-refractivity contribution is 0.102. The van der Waals surface area contributed by atoms with E-state index in [2.05, 4.69) is 10.4 Å². The van der Waals surface area contributed by atoms with Gasteiger partial charge in [-0.1, -0.05) is 30.3 Å². The molecule has 1 aromatic heterocycles. The van der Waals surface area contributed by atoms with E-state index in [-0.39, 0.29) is 10.8 Å². The highest BCUT2D eigenvalue weighted by atomic mass is 32.2. The zero-order valence-electron chi connectivity index (χ0n) is 13.2.